The third-order valence-corrected chi connectivity index (χ3v) is 8.88. The molecule has 0 radical (unpaired) electrons. The molecule has 2 aliphatic heterocycles. The van der Waals surface area contributed by atoms with Gasteiger partial charge in [-0.25, -0.2) is 13.8 Å². The summed E-state index contributed by atoms with van der Waals surface area (Å²) in [6.07, 6.45) is 4.70. The number of nitriles is 1. The van der Waals surface area contributed by atoms with E-state index in [0.717, 1.165) is 68.8 Å². The molecule has 0 unspecified atom stereocenters. The van der Waals surface area contributed by atoms with Crippen molar-refractivity contribution in [3.8, 4) is 23.3 Å². The molecule has 39 heavy (non-hydrogen) atoms. The number of rotatable bonds is 6. The van der Waals surface area contributed by atoms with Gasteiger partial charge in [-0.15, -0.1) is 11.3 Å². The molecule has 1 aromatic carbocycles. The van der Waals surface area contributed by atoms with Crippen molar-refractivity contribution in [2.24, 2.45) is 5.41 Å². The second kappa shape index (κ2) is 9.31. The van der Waals surface area contributed by atoms with Gasteiger partial charge in [0.1, 0.15) is 16.6 Å². The average Bonchev–Trinajstić information content (AvgIpc) is 3.36. The molecule has 0 spiro atoms. The Morgan fingerprint density at radius 2 is 1.92 bits per heavy atom. The lowest BCUT2D eigenvalue weighted by molar-refractivity contribution is 0.0231. The molecule has 0 atom stereocenters. The van der Waals surface area contributed by atoms with Gasteiger partial charge in [-0.05, 0) is 24.0 Å². The van der Waals surface area contributed by atoms with Crippen molar-refractivity contribution in [3.05, 3.63) is 40.7 Å². The van der Waals surface area contributed by atoms with Crippen LogP contribution in [-0.4, -0.2) is 59.3 Å². The molecule has 1 saturated carbocycles. The zero-order valence-electron chi connectivity index (χ0n) is 20.9. The molecule has 3 aromatic heterocycles. The van der Waals surface area contributed by atoms with Crippen LogP contribution in [0.5, 0.6) is 6.01 Å². The zero-order valence-corrected chi connectivity index (χ0v) is 21.7. The number of fused-ring (bicyclic) bond motifs is 4. The van der Waals surface area contributed by atoms with Gasteiger partial charge in [-0.2, -0.15) is 10.2 Å². The van der Waals surface area contributed by atoms with Gasteiger partial charge in [-0.1, -0.05) is 0 Å². The fourth-order valence-corrected chi connectivity index (χ4v) is 6.50. The molecule has 0 bridgehead atoms. The molecular formula is C27H24F2N6O3S. The van der Waals surface area contributed by atoms with Crippen LogP contribution in [0.3, 0.4) is 0 Å². The topological polar surface area (TPSA) is 119 Å². The first-order valence-electron chi connectivity index (χ1n) is 12.8. The molecule has 4 aromatic rings. The Morgan fingerprint density at radius 1 is 1.13 bits per heavy atom. The predicted molar refractivity (Wildman–Crippen MR) is 140 cm³/mol. The summed E-state index contributed by atoms with van der Waals surface area (Å²) in [5.41, 5.74) is 7.78. The first-order chi connectivity index (χ1) is 19.0. The molecule has 9 nitrogen and oxygen atoms in total. The second-order valence-electron chi connectivity index (χ2n) is 10.3. The van der Waals surface area contributed by atoms with Gasteiger partial charge in [0.15, 0.2) is 11.6 Å². The van der Waals surface area contributed by atoms with Gasteiger partial charge < -0.3 is 19.9 Å². The molecule has 5 heterocycles. The summed E-state index contributed by atoms with van der Waals surface area (Å²) in [6.45, 7) is 5.04. The van der Waals surface area contributed by atoms with Crippen LogP contribution in [0.2, 0.25) is 0 Å². The first kappa shape index (κ1) is 24.5. The number of halogens is 2. The van der Waals surface area contributed by atoms with E-state index < -0.39 is 11.6 Å². The van der Waals surface area contributed by atoms with Gasteiger partial charge in [0, 0.05) is 47.6 Å². The van der Waals surface area contributed by atoms with E-state index in [-0.39, 0.29) is 62.1 Å². The van der Waals surface area contributed by atoms with Crippen molar-refractivity contribution in [2.45, 2.75) is 26.1 Å². The fourth-order valence-electron chi connectivity index (χ4n) is 5.58. The first-order valence-corrected chi connectivity index (χ1v) is 13.6. The smallest absolute Gasteiger partial charge is 0.317 e. The summed E-state index contributed by atoms with van der Waals surface area (Å²) >= 11 is 0.942. The number of hydrogen-bond donors (Lipinski definition) is 1. The normalized spacial score (nSPS) is 18.4. The van der Waals surface area contributed by atoms with Gasteiger partial charge in [0.2, 0.25) is 0 Å². The maximum Gasteiger partial charge on any atom is 0.317 e. The number of aromatic nitrogens is 3. The van der Waals surface area contributed by atoms with Crippen molar-refractivity contribution < 1.29 is 23.0 Å². The Balaban J connectivity index is 1.29. The highest BCUT2D eigenvalue weighted by Gasteiger charge is 2.45. The number of pyridine rings is 1. The van der Waals surface area contributed by atoms with Gasteiger partial charge in [-0.3, -0.25) is 9.88 Å². The summed E-state index contributed by atoms with van der Waals surface area (Å²) in [4.78, 5) is 15.5. The maximum absolute atomic E-state index is 16.4. The van der Waals surface area contributed by atoms with E-state index in [0.29, 0.717) is 17.6 Å². The highest BCUT2D eigenvalue weighted by atomic mass is 32.1. The van der Waals surface area contributed by atoms with Crippen LogP contribution in [-0.2, 0) is 22.7 Å². The van der Waals surface area contributed by atoms with E-state index in [2.05, 4.69) is 19.9 Å². The summed E-state index contributed by atoms with van der Waals surface area (Å²) in [6, 6.07) is 2.12. The van der Waals surface area contributed by atoms with Gasteiger partial charge >= 0.3 is 6.01 Å². The van der Waals surface area contributed by atoms with E-state index in [1.807, 2.05) is 6.07 Å². The van der Waals surface area contributed by atoms with Crippen LogP contribution in [0.1, 0.15) is 29.5 Å². The third-order valence-electron chi connectivity index (χ3n) is 7.85. The monoisotopic (exact) mass is 550 g/mol. The minimum Gasteiger partial charge on any atom is -0.463 e. The Morgan fingerprint density at radius 3 is 2.69 bits per heavy atom. The van der Waals surface area contributed by atoms with Crippen LogP contribution in [0.25, 0.3) is 32.2 Å². The highest BCUT2D eigenvalue weighted by molar-refractivity contribution is 7.23. The minimum atomic E-state index is -0.648. The Hall–Kier alpha value is -3.50. The molecule has 1 aliphatic carbocycles. The quantitative estimate of drug-likeness (QED) is 0.377. The summed E-state index contributed by atoms with van der Waals surface area (Å²) < 4.78 is 48.4. The van der Waals surface area contributed by atoms with Crippen LogP contribution in [0, 0.1) is 28.4 Å². The zero-order chi connectivity index (χ0) is 26.7. The van der Waals surface area contributed by atoms with Crippen LogP contribution >= 0.6 is 11.3 Å². The van der Waals surface area contributed by atoms with Crippen LogP contribution < -0.4 is 10.5 Å². The van der Waals surface area contributed by atoms with Gasteiger partial charge in [0.25, 0.3) is 0 Å². The molecule has 2 N–H and O–H groups in total. The summed E-state index contributed by atoms with van der Waals surface area (Å²) in [5.74, 6) is -1.27. The number of nitrogen functional groups attached to an aromatic ring is 1. The Labute approximate surface area is 226 Å². The highest BCUT2D eigenvalue weighted by Crippen LogP contribution is 2.47. The van der Waals surface area contributed by atoms with E-state index in [9.17, 15) is 9.65 Å². The fraction of sp³-hybridized carbons (Fsp3) is 0.407. The third kappa shape index (κ3) is 4.08. The molecule has 2 fully saturated rings. The van der Waals surface area contributed by atoms with Crippen molar-refractivity contribution in [1.82, 2.24) is 19.9 Å². The molecule has 3 aliphatic rings. The largest absolute Gasteiger partial charge is 0.463 e. The summed E-state index contributed by atoms with van der Waals surface area (Å²) in [7, 11) is 0. The van der Waals surface area contributed by atoms with Crippen molar-refractivity contribution >= 4 is 37.3 Å². The van der Waals surface area contributed by atoms with Crippen LogP contribution in [0.4, 0.5) is 13.8 Å². The van der Waals surface area contributed by atoms with E-state index in [4.69, 9.17) is 19.9 Å². The molecule has 200 valence electrons. The number of nitrogens with zero attached hydrogens (tertiary/aromatic N) is 5. The minimum absolute atomic E-state index is 0.0430. The van der Waals surface area contributed by atoms with E-state index >= 15 is 4.39 Å². The molecule has 7 rings (SSSR count). The molecule has 12 heteroatoms. The standard InChI is InChI=1S/C27H24F2N6O3S/c28-18-9-32-23(20-14(7-30)25(31)39-24(18)20)19-17-11-37-10-16(17)15-8-33-26(34-22(15)21(19)29)38-13-27(1-2-27)12-35-3-5-36-6-4-35/h8-9H,1-6,10-13,31H2. The van der Waals surface area contributed by atoms with Crippen molar-refractivity contribution in [3.63, 3.8) is 0 Å². The second-order valence-corrected chi connectivity index (χ2v) is 11.4. The van der Waals surface area contributed by atoms with Crippen LogP contribution in [0.15, 0.2) is 12.4 Å². The SMILES string of the molecule is N#Cc1c(N)sc2c(F)cnc(-c3c4c(c5cnc(OCC6(CN7CCOCC7)CC6)nc5c3F)COC4)c12. The van der Waals surface area contributed by atoms with Crippen molar-refractivity contribution in [1.29, 1.82) is 5.26 Å². The number of morpholine rings is 1. The number of hydrogen-bond acceptors (Lipinski definition) is 10. The average molecular weight is 551 g/mol. The molecule has 0 amide bonds. The Bertz CT molecular complexity index is 1680. The number of anilines is 1. The van der Waals surface area contributed by atoms with E-state index in [1.165, 1.54) is 0 Å². The summed E-state index contributed by atoms with van der Waals surface area (Å²) in [5, 5.41) is 10.6. The number of benzene rings is 1. The predicted octanol–water partition coefficient (Wildman–Crippen LogP) is 4.16. The lowest BCUT2D eigenvalue weighted by Crippen LogP contribution is -2.41. The number of ether oxygens (including phenoxy) is 3. The lowest BCUT2D eigenvalue weighted by Gasteiger charge is -2.30. The molecular weight excluding hydrogens is 526 g/mol. The number of thiophene rings is 1. The maximum atomic E-state index is 16.4. The van der Waals surface area contributed by atoms with E-state index in [1.54, 1.807) is 6.20 Å². The van der Waals surface area contributed by atoms with Gasteiger partial charge in [0.05, 0.1) is 55.2 Å². The Kier molecular flexibility index (Phi) is 5.85. The lowest BCUT2D eigenvalue weighted by atomic mass is 9.94. The molecule has 1 saturated heterocycles. The van der Waals surface area contributed by atoms with Crippen molar-refractivity contribution in [2.75, 3.05) is 45.2 Å². The number of nitrogens with two attached hydrogens (primary N) is 1.